The Balaban J connectivity index is 1.77. The summed E-state index contributed by atoms with van der Waals surface area (Å²) in [4.78, 5) is 13.9. The van der Waals surface area contributed by atoms with E-state index in [1.54, 1.807) is 0 Å². The summed E-state index contributed by atoms with van der Waals surface area (Å²) in [6, 6.07) is 14.2. The fourth-order valence-corrected chi connectivity index (χ4v) is 4.06. The Bertz CT molecular complexity index is 1020. The molecular weight excluding hydrogens is 350 g/mol. The lowest BCUT2D eigenvalue weighted by molar-refractivity contribution is -0.117. The van der Waals surface area contributed by atoms with Gasteiger partial charge < -0.3 is 19.9 Å². The van der Waals surface area contributed by atoms with Crippen LogP contribution in [0.1, 0.15) is 33.6 Å². The predicted octanol–water partition coefficient (Wildman–Crippen LogP) is 4.82. The van der Waals surface area contributed by atoms with E-state index in [0.29, 0.717) is 6.42 Å². The van der Waals surface area contributed by atoms with Crippen molar-refractivity contribution in [3.8, 4) is 17.0 Å². The molecule has 4 rings (SSSR count). The van der Waals surface area contributed by atoms with Crippen LogP contribution in [0.2, 0.25) is 0 Å². The Kier molecular flexibility index (Phi) is 4.75. The van der Waals surface area contributed by atoms with Crippen molar-refractivity contribution in [3.63, 3.8) is 0 Å². The van der Waals surface area contributed by atoms with Crippen LogP contribution in [-0.2, 0) is 11.3 Å². The highest BCUT2D eigenvalue weighted by atomic mass is 16.5. The minimum atomic E-state index is 0.125. The highest BCUT2D eigenvalue weighted by Crippen LogP contribution is 2.38. The molecular formula is C23H27N3O2. The van der Waals surface area contributed by atoms with Gasteiger partial charge in [0, 0.05) is 42.2 Å². The fraction of sp³-hybridized carbons (Fsp3) is 0.348. The molecule has 0 atom stereocenters. The molecule has 0 spiro atoms. The van der Waals surface area contributed by atoms with Crippen LogP contribution in [0.4, 0.5) is 11.4 Å². The molecule has 1 aliphatic heterocycles. The number of rotatable bonds is 5. The van der Waals surface area contributed by atoms with Crippen LogP contribution < -0.4 is 15.4 Å². The van der Waals surface area contributed by atoms with E-state index in [1.807, 2.05) is 43.0 Å². The summed E-state index contributed by atoms with van der Waals surface area (Å²) in [6.45, 7) is 7.77. The smallest absolute Gasteiger partial charge is 0.227 e. The van der Waals surface area contributed by atoms with Crippen molar-refractivity contribution in [2.45, 2.75) is 46.3 Å². The maximum Gasteiger partial charge on any atom is 0.227 e. The molecule has 5 heteroatoms. The van der Waals surface area contributed by atoms with E-state index in [1.165, 1.54) is 0 Å². The fourth-order valence-electron chi connectivity index (χ4n) is 4.06. The molecule has 5 nitrogen and oxygen atoms in total. The molecule has 0 aliphatic carbocycles. The molecule has 2 heterocycles. The van der Waals surface area contributed by atoms with E-state index in [4.69, 9.17) is 10.5 Å². The van der Waals surface area contributed by atoms with Gasteiger partial charge in [0.05, 0.1) is 23.0 Å². The van der Waals surface area contributed by atoms with Gasteiger partial charge in [0.15, 0.2) is 0 Å². The van der Waals surface area contributed by atoms with Gasteiger partial charge in [0.2, 0.25) is 5.91 Å². The first kappa shape index (κ1) is 18.4. The Morgan fingerprint density at radius 1 is 1.14 bits per heavy atom. The van der Waals surface area contributed by atoms with E-state index in [0.717, 1.165) is 58.8 Å². The number of fused-ring (bicyclic) bond motifs is 1. The lowest BCUT2D eigenvalue weighted by Gasteiger charge is -2.16. The van der Waals surface area contributed by atoms with Crippen LogP contribution in [0.25, 0.3) is 22.2 Å². The first-order chi connectivity index (χ1) is 13.5. The molecule has 146 valence electrons. The molecule has 3 aromatic rings. The number of anilines is 2. The van der Waals surface area contributed by atoms with E-state index in [2.05, 4.69) is 29.7 Å². The first-order valence-electron chi connectivity index (χ1n) is 9.98. The molecule has 2 aromatic carbocycles. The average molecular weight is 377 g/mol. The molecule has 0 unspecified atom stereocenters. The normalized spacial score (nSPS) is 14.4. The Morgan fingerprint density at radius 2 is 1.89 bits per heavy atom. The van der Waals surface area contributed by atoms with Gasteiger partial charge >= 0.3 is 0 Å². The van der Waals surface area contributed by atoms with Gasteiger partial charge in [-0.1, -0.05) is 12.1 Å². The minimum absolute atomic E-state index is 0.125. The summed E-state index contributed by atoms with van der Waals surface area (Å²) in [6.07, 6.45) is 1.69. The number of amides is 1. The number of hydrogen-bond donors (Lipinski definition) is 1. The van der Waals surface area contributed by atoms with E-state index in [9.17, 15) is 4.79 Å². The Labute approximate surface area is 165 Å². The van der Waals surface area contributed by atoms with Gasteiger partial charge in [0.1, 0.15) is 5.75 Å². The third kappa shape index (κ3) is 3.11. The van der Waals surface area contributed by atoms with Crippen molar-refractivity contribution in [1.82, 2.24) is 4.57 Å². The van der Waals surface area contributed by atoms with Crippen LogP contribution in [0, 0.1) is 0 Å². The van der Waals surface area contributed by atoms with Gasteiger partial charge in [-0.05, 0) is 51.5 Å². The van der Waals surface area contributed by atoms with E-state index in [-0.39, 0.29) is 12.0 Å². The third-order valence-electron chi connectivity index (χ3n) is 5.29. The number of nitrogen functional groups attached to an aromatic ring is 1. The number of aryl methyl sites for hydroxylation is 1. The van der Waals surface area contributed by atoms with Crippen molar-refractivity contribution in [2.24, 2.45) is 0 Å². The summed E-state index contributed by atoms with van der Waals surface area (Å²) in [5, 5.41) is 1.03. The molecule has 2 N–H and O–H groups in total. The second kappa shape index (κ2) is 7.23. The molecule has 1 amide bonds. The molecule has 1 aliphatic rings. The second-order valence-electron chi connectivity index (χ2n) is 7.55. The number of nitrogens with two attached hydrogens (primary N) is 1. The molecule has 0 saturated carbocycles. The molecule has 1 saturated heterocycles. The molecule has 0 radical (unpaired) electrons. The number of carbonyl (C=O) groups is 1. The van der Waals surface area contributed by atoms with Crippen molar-refractivity contribution in [1.29, 1.82) is 0 Å². The third-order valence-corrected chi connectivity index (χ3v) is 5.29. The number of aromatic nitrogens is 1. The molecule has 0 bridgehead atoms. The zero-order valence-electron chi connectivity index (χ0n) is 16.7. The van der Waals surface area contributed by atoms with E-state index >= 15 is 0 Å². The molecule has 28 heavy (non-hydrogen) atoms. The number of nitrogens with zero attached hydrogens (tertiary/aromatic N) is 2. The van der Waals surface area contributed by atoms with Gasteiger partial charge in [-0.15, -0.1) is 0 Å². The SMILES string of the molecule is CCn1c(-c2ccc(N3CCCC3=O)cc2)c(N)c2ccc(OC(C)C)cc21. The maximum absolute atomic E-state index is 12.0. The highest BCUT2D eigenvalue weighted by Gasteiger charge is 2.22. The van der Waals surface area contributed by atoms with E-state index < -0.39 is 0 Å². The van der Waals surface area contributed by atoms with Crippen LogP contribution in [0.3, 0.4) is 0 Å². The van der Waals surface area contributed by atoms with Crippen molar-refractivity contribution in [2.75, 3.05) is 17.2 Å². The Hall–Kier alpha value is -2.95. The lowest BCUT2D eigenvalue weighted by Crippen LogP contribution is -2.23. The number of carbonyl (C=O) groups excluding carboxylic acids is 1. The number of benzene rings is 2. The average Bonchev–Trinajstić information content (AvgIpc) is 3.22. The zero-order chi connectivity index (χ0) is 19.8. The molecule has 1 aromatic heterocycles. The summed E-state index contributed by atoms with van der Waals surface area (Å²) in [7, 11) is 0. The van der Waals surface area contributed by atoms with Crippen LogP contribution in [0.15, 0.2) is 42.5 Å². The van der Waals surface area contributed by atoms with Gasteiger partial charge in [-0.2, -0.15) is 0 Å². The largest absolute Gasteiger partial charge is 0.491 e. The monoisotopic (exact) mass is 377 g/mol. The standard InChI is InChI=1S/C23H27N3O2/c1-4-25-20-14-18(28-15(2)3)11-12-19(20)22(24)23(25)16-7-9-17(10-8-16)26-13-5-6-21(26)27/h7-12,14-15H,4-6,13,24H2,1-3H3. The van der Waals surface area contributed by atoms with Crippen LogP contribution in [-0.4, -0.2) is 23.1 Å². The van der Waals surface area contributed by atoms with Crippen LogP contribution >= 0.6 is 0 Å². The van der Waals surface area contributed by atoms with Gasteiger partial charge in [-0.25, -0.2) is 0 Å². The van der Waals surface area contributed by atoms with Crippen molar-refractivity contribution < 1.29 is 9.53 Å². The van der Waals surface area contributed by atoms with Crippen molar-refractivity contribution >= 4 is 28.2 Å². The van der Waals surface area contributed by atoms with Crippen molar-refractivity contribution in [3.05, 3.63) is 42.5 Å². The summed E-state index contributed by atoms with van der Waals surface area (Å²) in [5.41, 5.74) is 11.4. The second-order valence-corrected chi connectivity index (χ2v) is 7.55. The van der Waals surface area contributed by atoms with Gasteiger partial charge in [0.25, 0.3) is 0 Å². The van der Waals surface area contributed by atoms with Gasteiger partial charge in [-0.3, -0.25) is 4.79 Å². The summed E-state index contributed by atoms with van der Waals surface area (Å²) >= 11 is 0. The first-order valence-corrected chi connectivity index (χ1v) is 9.98. The quantitative estimate of drug-likeness (QED) is 0.693. The minimum Gasteiger partial charge on any atom is -0.491 e. The predicted molar refractivity (Wildman–Crippen MR) is 115 cm³/mol. The lowest BCUT2D eigenvalue weighted by atomic mass is 10.1. The highest BCUT2D eigenvalue weighted by molar-refractivity contribution is 6.02. The number of hydrogen-bond acceptors (Lipinski definition) is 3. The zero-order valence-corrected chi connectivity index (χ0v) is 16.7. The number of ether oxygens (including phenoxy) is 1. The topological polar surface area (TPSA) is 60.5 Å². The Morgan fingerprint density at radius 3 is 2.50 bits per heavy atom. The van der Waals surface area contributed by atoms with Crippen LogP contribution in [0.5, 0.6) is 5.75 Å². The summed E-state index contributed by atoms with van der Waals surface area (Å²) in [5.74, 6) is 1.05. The summed E-state index contributed by atoms with van der Waals surface area (Å²) < 4.78 is 8.10. The molecule has 1 fully saturated rings. The maximum atomic E-state index is 12.0.